The van der Waals surface area contributed by atoms with E-state index in [1.54, 1.807) is 6.92 Å². The second-order valence-electron chi connectivity index (χ2n) is 4.86. The van der Waals surface area contributed by atoms with Crippen molar-refractivity contribution in [2.45, 2.75) is 32.2 Å². The van der Waals surface area contributed by atoms with Gasteiger partial charge in [-0.2, -0.15) is 13.2 Å². The fraction of sp³-hybridized carbons (Fsp3) is 0.467. The van der Waals surface area contributed by atoms with Gasteiger partial charge in [0.2, 0.25) is 5.91 Å². The van der Waals surface area contributed by atoms with Crippen LogP contribution in [0.3, 0.4) is 0 Å². The van der Waals surface area contributed by atoms with Crippen LogP contribution in [0.25, 0.3) is 0 Å². The highest BCUT2D eigenvalue weighted by Gasteiger charge is 2.31. The number of amides is 1. The summed E-state index contributed by atoms with van der Waals surface area (Å²) in [5.74, 6) is -1.86. The van der Waals surface area contributed by atoms with E-state index in [0.717, 1.165) is 6.92 Å². The van der Waals surface area contributed by atoms with E-state index in [1.807, 2.05) is 0 Å². The van der Waals surface area contributed by atoms with Crippen molar-refractivity contribution in [2.75, 3.05) is 13.2 Å². The molecule has 2 atom stereocenters. The number of ether oxygens (including phenoxy) is 2. The van der Waals surface area contributed by atoms with Crippen molar-refractivity contribution >= 4 is 11.9 Å². The monoisotopic (exact) mass is 349 g/mol. The maximum atomic E-state index is 12.1. The van der Waals surface area contributed by atoms with Crippen LogP contribution in [0.5, 0.6) is 5.75 Å². The van der Waals surface area contributed by atoms with Gasteiger partial charge in [-0.25, -0.2) is 4.79 Å². The highest BCUT2D eigenvalue weighted by atomic mass is 19.4. The molecule has 0 aliphatic carbocycles. The summed E-state index contributed by atoms with van der Waals surface area (Å²) >= 11 is 0. The van der Waals surface area contributed by atoms with Crippen LogP contribution in [0.15, 0.2) is 24.3 Å². The van der Waals surface area contributed by atoms with Gasteiger partial charge in [0.15, 0.2) is 6.04 Å². The number of alkyl halides is 3. The fourth-order valence-electron chi connectivity index (χ4n) is 1.76. The zero-order chi connectivity index (χ0) is 18.3. The van der Waals surface area contributed by atoms with Crippen molar-refractivity contribution in [2.24, 2.45) is 0 Å². The normalized spacial score (nSPS) is 13.9. The average Bonchev–Trinajstić information content (AvgIpc) is 2.49. The summed E-state index contributed by atoms with van der Waals surface area (Å²) in [5, 5.41) is 11.7. The molecule has 9 heteroatoms. The number of aromatic hydroxyl groups is 1. The molecule has 6 nitrogen and oxygen atoms in total. The maximum Gasteiger partial charge on any atom is 0.411 e. The Balaban J connectivity index is 2.85. The number of phenolic OH excluding ortho intramolecular Hbond substituents is 1. The Kier molecular flexibility index (Phi) is 7.02. The molecule has 0 saturated heterocycles. The standard InChI is InChI=1S/C15H18F3NO5/c1-3-23-14(22)12(10-5-4-6-11(20)7-10)19-13(21)9(2)24-8-15(16,17)18/h4-7,9,12,20H,3,8H2,1-2H3,(H,19,21). The number of carbonyl (C=O) groups excluding carboxylic acids is 2. The number of nitrogens with one attached hydrogen (secondary N) is 1. The first-order chi connectivity index (χ1) is 11.1. The van der Waals surface area contributed by atoms with E-state index < -0.39 is 36.8 Å². The van der Waals surface area contributed by atoms with E-state index in [9.17, 15) is 27.9 Å². The number of carbonyl (C=O) groups is 2. The molecule has 1 rings (SSSR count). The van der Waals surface area contributed by atoms with Crippen LogP contribution >= 0.6 is 0 Å². The lowest BCUT2D eigenvalue weighted by molar-refractivity contribution is -0.186. The van der Waals surface area contributed by atoms with Gasteiger partial charge in [-0.05, 0) is 31.5 Å². The van der Waals surface area contributed by atoms with E-state index in [4.69, 9.17) is 4.74 Å². The Morgan fingerprint density at radius 1 is 1.33 bits per heavy atom. The van der Waals surface area contributed by atoms with Crippen LogP contribution in [-0.4, -0.2) is 42.5 Å². The predicted molar refractivity (Wildman–Crippen MR) is 77.1 cm³/mol. The van der Waals surface area contributed by atoms with E-state index in [-0.39, 0.29) is 17.9 Å². The lowest BCUT2D eigenvalue weighted by Gasteiger charge is -2.21. The first-order valence-electron chi connectivity index (χ1n) is 7.08. The van der Waals surface area contributed by atoms with Gasteiger partial charge in [-0.3, -0.25) is 4.79 Å². The van der Waals surface area contributed by atoms with Crippen molar-refractivity contribution in [1.29, 1.82) is 0 Å². The Morgan fingerprint density at radius 3 is 2.54 bits per heavy atom. The van der Waals surface area contributed by atoms with Crippen LogP contribution in [-0.2, 0) is 19.1 Å². The van der Waals surface area contributed by atoms with Crippen molar-refractivity contribution in [1.82, 2.24) is 5.32 Å². The molecule has 0 saturated carbocycles. The van der Waals surface area contributed by atoms with Gasteiger partial charge in [-0.1, -0.05) is 12.1 Å². The lowest BCUT2D eigenvalue weighted by Crippen LogP contribution is -2.41. The minimum Gasteiger partial charge on any atom is -0.508 e. The lowest BCUT2D eigenvalue weighted by atomic mass is 10.1. The maximum absolute atomic E-state index is 12.1. The number of hydrogen-bond acceptors (Lipinski definition) is 5. The number of rotatable bonds is 7. The highest BCUT2D eigenvalue weighted by molar-refractivity contribution is 5.87. The molecule has 1 aromatic carbocycles. The fourth-order valence-corrected chi connectivity index (χ4v) is 1.76. The number of esters is 1. The summed E-state index contributed by atoms with van der Waals surface area (Å²) in [5.41, 5.74) is 0.227. The van der Waals surface area contributed by atoms with Crippen molar-refractivity contribution in [3.05, 3.63) is 29.8 Å². The third-order valence-corrected chi connectivity index (χ3v) is 2.88. The Labute approximate surface area is 136 Å². The molecule has 2 N–H and O–H groups in total. The molecule has 1 amide bonds. The number of halogens is 3. The van der Waals surface area contributed by atoms with Gasteiger partial charge in [0.25, 0.3) is 0 Å². The summed E-state index contributed by atoms with van der Waals surface area (Å²) in [7, 11) is 0. The molecule has 0 aromatic heterocycles. The van der Waals surface area contributed by atoms with E-state index in [0.29, 0.717) is 0 Å². The zero-order valence-corrected chi connectivity index (χ0v) is 13.1. The van der Waals surface area contributed by atoms with E-state index >= 15 is 0 Å². The molecule has 0 bridgehead atoms. The van der Waals surface area contributed by atoms with Crippen LogP contribution < -0.4 is 5.32 Å². The van der Waals surface area contributed by atoms with Crippen LogP contribution in [0, 0.1) is 0 Å². The minimum absolute atomic E-state index is 0.0458. The molecular formula is C15H18F3NO5. The third-order valence-electron chi connectivity index (χ3n) is 2.88. The molecule has 0 radical (unpaired) electrons. The average molecular weight is 349 g/mol. The number of benzene rings is 1. The third kappa shape index (κ3) is 6.45. The summed E-state index contributed by atoms with van der Waals surface area (Å²) in [6.45, 7) is 1.15. The molecule has 0 heterocycles. The Hall–Kier alpha value is -2.29. The summed E-state index contributed by atoms with van der Waals surface area (Å²) in [6, 6.07) is 4.24. The van der Waals surface area contributed by atoms with Crippen molar-refractivity contribution in [3.63, 3.8) is 0 Å². The largest absolute Gasteiger partial charge is 0.508 e. The van der Waals surface area contributed by atoms with E-state index in [1.165, 1.54) is 24.3 Å². The van der Waals surface area contributed by atoms with Gasteiger partial charge in [0, 0.05) is 0 Å². The van der Waals surface area contributed by atoms with Gasteiger partial charge >= 0.3 is 12.1 Å². The molecular weight excluding hydrogens is 331 g/mol. The van der Waals surface area contributed by atoms with Gasteiger partial charge in [0.1, 0.15) is 18.5 Å². The van der Waals surface area contributed by atoms with Gasteiger partial charge in [-0.15, -0.1) is 0 Å². The van der Waals surface area contributed by atoms with Crippen LogP contribution in [0.2, 0.25) is 0 Å². The van der Waals surface area contributed by atoms with Gasteiger partial charge < -0.3 is 19.9 Å². The second-order valence-corrected chi connectivity index (χ2v) is 4.86. The molecule has 0 spiro atoms. The highest BCUT2D eigenvalue weighted by Crippen LogP contribution is 2.20. The number of phenols is 1. The first kappa shape index (κ1) is 19.8. The molecule has 2 unspecified atom stereocenters. The predicted octanol–water partition coefficient (Wildman–Crippen LogP) is 2.08. The van der Waals surface area contributed by atoms with Gasteiger partial charge in [0.05, 0.1) is 6.61 Å². The second kappa shape index (κ2) is 8.53. The van der Waals surface area contributed by atoms with E-state index in [2.05, 4.69) is 10.1 Å². The van der Waals surface area contributed by atoms with Crippen molar-refractivity contribution < 1.29 is 37.3 Å². The quantitative estimate of drug-likeness (QED) is 0.736. The minimum atomic E-state index is -4.57. The smallest absolute Gasteiger partial charge is 0.411 e. The molecule has 0 aliphatic rings. The summed E-state index contributed by atoms with van der Waals surface area (Å²) < 4.78 is 45.6. The zero-order valence-electron chi connectivity index (χ0n) is 13.1. The molecule has 24 heavy (non-hydrogen) atoms. The topological polar surface area (TPSA) is 84.9 Å². The summed E-state index contributed by atoms with van der Waals surface area (Å²) in [4.78, 5) is 24.0. The molecule has 0 fully saturated rings. The Bertz CT molecular complexity index is 576. The SMILES string of the molecule is CCOC(=O)C(NC(=O)C(C)OCC(F)(F)F)c1cccc(O)c1. The number of hydrogen-bond donors (Lipinski definition) is 2. The summed E-state index contributed by atoms with van der Waals surface area (Å²) in [6.07, 6.45) is -6.00. The van der Waals surface area contributed by atoms with Crippen molar-refractivity contribution in [3.8, 4) is 5.75 Å². The Morgan fingerprint density at radius 2 is 2.00 bits per heavy atom. The van der Waals surface area contributed by atoms with Crippen LogP contribution in [0.4, 0.5) is 13.2 Å². The molecule has 134 valence electrons. The van der Waals surface area contributed by atoms with Crippen LogP contribution in [0.1, 0.15) is 25.5 Å². The first-order valence-corrected chi connectivity index (χ1v) is 7.08. The molecule has 0 aliphatic heterocycles. The molecule has 1 aromatic rings.